The lowest BCUT2D eigenvalue weighted by Gasteiger charge is -2.44. The van der Waals surface area contributed by atoms with Crippen molar-refractivity contribution in [1.29, 1.82) is 0 Å². The first kappa shape index (κ1) is 19.1. The van der Waals surface area contributed by atoms with Crippen LogP contribution in [-0.4, -0.2) is 6.61 Å². The van der Waals surface area contributed by atoms with Crippen molar-refractivity contribution in [2.24, 2.45) is 29.6 Å². The van der Waals surface area contributed by atoms with Gasteiger partial charge in [0, 0.05) is 0 Å². The van der Waals surface area contributed by atoms with Crippen LogP contribution in [0.4, 0.5) is 0 Å². The van der Waals surface area contributed by atoms with Crippen LogP contribution < -0.4 is 4.74 Å². The average Bonchev–Trinajstić information content (AvgIpc) is 2.72. The zero-order valence-corrected chi connectivity index (χ0v) is 17.3. The third-order valence-corrected chi connectivity index (χ3v) is 7.91. The molecule has 2 fully saturated rings. The van der Waals surface area contributed by atoms with Gasteiger partial charge in [-0.3, -0.25) is 0 Å². The Morgan fingerprint density at radius 3 is 2.56 bits per heavy atom. The molecule has 1 aromatic carbocycles. The fourth-order valence-electron chi connectivity index (χ4n) is 6.19. The fourth-order valence-corrected chi connectivity index (χ4v) is 6.19. The minimum Gasteiger partial charge on any atom is -0.494 e. The van der Waals surface area contributed by atoms with Gasteiger partial charge in [-0.05, 0) is 117 Å². The first-order valence-corrected chi connectivity index (χ1v) is 11.6. The van der Waals surface area contributed by atoms with Crippen molar-refractivity contribution in [3.63, 3.8) is 0 Å². The van der Waals surface area contributed by atoms with E-state index in [1.54, 1.807) is 11.1 Å². The molecule has 4 rings (SSSR count). The second kappa shape index (κ2) is 8.84. The Kier molecular flexibility index (Phi) is 6.25. The van der Waals surface area contributed by atoms with E-state index >= 15 is 0 Å². The number of hydrogen-bond acceptors (Lipinski definition) is 1. The van der Waals surface area contributed by atoms with Gasteiger partial charge in [0.2, 0.25) is 0 Å². The SMILES string of the molecule is C=CC1CCC2CC(C3CCc4cc(OCCCC)ccc4C3)CCC2C1. The van der Waals surface area contributed by atoms with Crippen molar-refractivity contribution in [1.82, 2.24) is 0 Å². The molecule has 0 aliphatic heterocycles. The van der Waals surface area contributed by atoms with Crippen molar-refractivity contribution < 1.29 is 4.74 Å². The number of allylic oxidation sites excluding steroid dienone is 1. The molecule has 0 heterocycles. The van der Waals surface area contributed by atoms with Gasteiger partial charge in [-0.25, -0.2) is 0 Å². The number of ether oxygens (including phenoxy) is 1. The van der Waals surface area contributed by atoms with E-state index in [0.29, 0.717) is 0 Å². The summed E-state index contributed by atoms with van der Waals surface area (Å²) < 4.78 is 5.93. The Morgan fingerprint density at radius 1 is 0.963 bits per heavy atom. The van der Waals surface area contributed by atoms with Gasteiger partial charge >= 0.3 is 0 Å². The molecule has 1 nitrogen and oxygen atoms in total. The van der Waals surface area contributed by atoms with Gasteiger partial charge in [-0.15, -0.1) is 6.58 Å². The summed E-state index contributed by atoms with van der Waals surface area (Å²) in [6.07, 6.45) is 17.3. The molecule has 3 aliphatic rings. The highest BCUT2D eigenvalue weighted by Crippen LogP contribution is 2.48. The molecule has 0 aromatic heterocycles. The summed E-state index contributed by atoms with van der Waals surface area (Å²) in [5.41, 5.74) is 3.16. The maximum absolute atomic E-state index is 5.93. The van der Waals surface area contributed by atoms with Gasteiger partial charge in [0.1, 0.15) is 5.75 Å². The lowest BCUT2D eigenvalue weighted by molar-refractivity contribution is 0.0811. The van der Waals surface area contributed by atoms with Crippen LogP contribution in [0.5, 0.6) is 5.75 Å². The van der Waals surface area contributed by atoms with Gasteiger partial charge in [-0.2, -0.15) is 0 Å². The Morgan fingerprint density at radius 2 is 1.74 bits per heavy atom. The standard InChI is InChI=1S/C26H38O/c1-3-5-14-27-26-13-12-24-17-23(10-11-25(24)18-26)22-9-8-20-15-19(4-2)6-7-21(20)16-22/h4,12-13,18-23H,2-3,5-11,14-17H2,1H3. The van der Waals surface area contributed by atoms with Crippen molar-refractivity contribution in [3.8, 4) is 5.75 Å². The molecule has 5 unspecified atom stereocenters. The minimum atomic E-state index is 0.804. The van der Waals surface area contributed by atoms with Gasteiger partial charge < -0.3 is 4.74 Å². The van der Waals surface area contributed by atoms with E-state index in [4.69, 9.17) is 4.74 Å². The largest absolute Gasteiger partial charge is 0.494 e. The molecule has 5 atom stereocenters. The number of unbranched alkanes of at least 4 members (excludes halogenated alkanes) is 1. The van der Waals surface area contributed by atoms with Crippen LogP contribution in [0.1, 0.15) is 75.8 Å². The van der Waals surface area contributed by atoms with Crippen LogP contribution in [0.15, 0.2) is 30.9 Å². The smallest absolute Gasteiger partial charge is 0.119 e. The molecule has 0 bridgehead atoms. The quantitative estimate of drug-likeness (QED) is 0.389. The van der Waals surface area contributed by atoms with E-state index in [2.05, 4.69) is 37.8 Å². The highest BCUT2D eigenvalue weighted by molar-refractivity contribution is 5.37. The van der Waals surface area contributed by atoms with Crippen LogP contribution in [0.25, 0.3) is 0 Å². The van der Waals surface area contributed by atoms with E-state index in [1.807, 2.05) is 0 Å². The van der Waals surface area contributed by atoms with Crippen LogP contribution in [-0.2, 0) is 12.8 Å². The topological polar surface area (TPSA) is 9.23 Å². The number of fused-ring (bicyclic) bond motifs is 2. The Balaban J connectivity index is 1.34. The second-order valence-electron chi connectivity index (χ2n) is 9.54. The van der Waals surface area contributed by atoms with Gasteiger partial charge in [0.25, 0.3) is 0 Å². The Hall–Kier alpha value is -1.24. The molecule has 0 N–H and O–H groups in total. The predicted octanol–water partition coefficient (Wildman–Crippen LogP) is 6.99. The number of benzene rings is 1. The predicted molar refractivity (Wildman–Crippen MR) is 114 cm³/mol. The minimum absolute atomic E-state index is 0.804. The van der Waals surface area contributed by atoms with Gasteiger partial charge in [0.05, 0.1) is 6.61 Å². The third-order valence-electron chi connectivity index (χ3n) is 7.91. The lowest BCUT2D eigenvalue weighted by atomic mass is 9.61. The van der Waals surface area contributed by atoms with E-state index in [1.165, 1.54) is 64.2 Å². The van der Waals surface area contributed by atoms with Gasteiger partial charge in [0.15, 0.2) is 0 Å². The zero-order valence-electron chi connectivity index (χ0n) is 17.3. The maximum Gasteiger partial charge on any atom is 0.119 e. The van der Waals surface area contributed by atoms with Crippen LogP contribution in [0.3, 0.4) is 0 Å². The van der Waals surface area contributed by atoms with Crippen molar-refractivity contribution in [2.75, 3.05) is 6.61 Å². The Labute approximate surface area is 166 Å². The van der Waals surface area contributed by atoms with Gasteiger partial charge in [-0.1, -0.05) is 25.5 Å². The van der Waals surface area contributed by atoms with E-state index in [0.717, 1.165) is 48.4 Å². The molecule has 1 aromatic rings. The zero-order chi connectivity index (χ0) is 18.6. The molecule has 3 aliphatic carbocycles. The van der Waals surface area contributed by atoms with Crippen molar-refractivity contribution in [3.05, 3.63) is 42.0 Å². The van der Waals surface area contributed by atoms with Crippen molar-refractivity contribution >= 4 is 0 Å². The third kappa shape index (κ3) is 4.44. The molecule has 148 valence electrons. The number of rotatable bonds is 6. The normalized spacial score (nSPS) is 33.0. The first-order valence-electron chi connectivity index (χ1n) is 11.6. The summed E-state index contributed by atoms with van der Waals surface area (Å²) in [5.74, 6) is 5.79. The van der Waals surface area contributed by atoms with Crippen LogP contribution in [0, 0.1) is 29.6 Å². The summed E-state index contributed by atoms with van der Waals surface area (Å²) >= 11 is 0. The Bertz CT molecular complexity index is 633. The highest BCUT2D eigenvalue weighted by Gasteiger charge is 2.38. The molecule has 1 heteroatoms. The first-order chi connectivity index (χ1) is 13.3. The van der Waals surface area contributed by atoms with E-state index in [9.17, 15) is 0 Å². The fraction of sp³-hybridized carbons (Fsp3) is 0.692. The van der Waals surface area contributed by atoms with E-state index < -0.39 is 0 Å². The van der Waals surface area contributed by atoms with Crippen LogP contribution >= 0.6 is 0 Å². The molecule has 0 saturated heterocycles. The summed E-state index contributed by atoms with van der Waals surface area (Å²) in [4.78, 5) is 0. The van der Waals surface area contributed by atoms with Crippen LogP contribution in [0.2, 0.25) is 0 Å². The molecule has 27 heavy (non-hydrogen) atoms. The summed E-state index contributed by atoms with van der Waals surface area (Å²) in [6.45, 7) is 7.12. The highest BCUT2D eigenvalue weighted by atomic mass is 16.5. The molecule has 0 amide bonds. The van der Waals surface area contributed by atoms with Crippen molar-refractivity contribution in [2.45, 2.75) is 77.6 Å². The number of hydrogen-bond donors (Lipinski definition) is 0. The monoisotopic (exact) mass is 366 g/mol. The summed E-state index contributed by atoms with van der Waals surface area (Å²) in [7, 11) is 0. The molecule has 0 radical (unpaired) electrons. The summed E-state index contributed by atoms with van der Waals surface area (Å²) in [5, 5.41) is 0. The molecule has 2 saturated carbocycles. The lowest BCUT2D eigenvalue weighted by Crippen LogP contribution is -2.34. The maximum atomic E-state index is 5.93. The van der Waals surface area contributed by atoms with E-state index in [-0.39, 0.29) is 0 Å². The molecular formula is C26H38O. The average molecular weight is 367 g/mol. The summed E-state index contributed by atoms with van der Waals surface area (Å²) in [6, 6.07) is 6.91. The number of aryl methyl sites for hydroxylation is 1. The molecule has 0 spiro atoms. The molecular weight excluding hydrogens is 328 g/mol. The second-order valence-corrected chi connectivity index (χ2v) is 9.54.